The van der Waals surface area contributed by atoms with Gasteiger partial charge in [-0.05, 0) is 87.5 Å². The van der Waals surface area contributed by atoms with Crippen molar-refractivity contribution in [2.24, 2.45) is 23.2 Å². The van der Waals surface area contributed by atoms with Crippen molar-refractivity contribution in [3.8, 4) is 0 Å². The summed E-state index contributed by atoms with van der Waals surface area (Å²) < 4.78 is 5.58. The summed E-state index contributed by atoms with van der Waals surface area (Å²) in [5, 5.41) is 0. The minimum Gasteiger partial charge on any atom is -0.467 e. The molecule has 2 heterocycles. The number of hydrogen-bond acceptors (Lipinski definition) is 4. The van der Waals surface area contributed by atoms with Crippen LogP contribution in [0.3, 0.4) is 0 Å². The number of anilines is 1. The summed E-state index contributed by atoms with van der Waals surface area (Å²) in [6, 6.07) is 10.2. The molecule has 7 rings (SSSR count). The van der Waals surface area contributed by atoms with Crippen molar-refractivity contribution >= 4 is 23.4 Å². The molecule has 172 valence electrons. The molecule has 5 aliphatic rings. The van der Waals surface area contributed by atoms with Gasteiger partial charge in [-0.1, -0.05) is 17.7 Å². The first-order valence-electron chi connectivity index (χ1n) is 12.2. The van der Waals surface area contributed by atoms with Crippen LogP contribution in [-0.2, 0) is 20.9 Å². The molecule has 1 aromatic heterocycles. The number of rotatable bonds is 5. The van der Waals surface area contributed by atoms with Gasteiger partial charge in [0, 0.05) is 0 Å². The molecule has 0 N–H and O–H groups in total. The van der Waals surface area contributed by atoms with Crippen LogP contribution >= 0.6 is 0 Å². The van der Waals surface area contributed by atoms with Crippen LogP contribution in [0.5, 0.6) is 0 Å². The Morgan fingerprint density at radius 1 is 1.03 bits per heavy atom. The SMILES string of the molecule is Cc1ccc(N2C(=O)CC(N(Cc3ccco3)C(=O)C34CC5CC(CC(C5)C3)C4)C2=O)cc1. The average molecular weight is 447 g/mol. The standard InChI is InChI=1S/C27H30N2O4/c1-17-4-6-21(7-5-17)29-24(30)12-23(25(29)31)28(16-22-3-2-8-33-22)26(32)27-13-18-9-19(14-27)11-20(10-18)15-27/h2-8,18-20,23H,9-16H2,1H3. The lowest BCUT2D eigenvalue weighted by Crippen LogP contribution is -2.57. The summed E-state index contributed by atoms with van der Waals surface area (Å²) in [4.78, 5) is 43.8. The first-order chi connectivity index (χ1) is 15.9. The molecule has 4 aliphatic carbocycles. The monoisotopic (exact) mass is 446 g/mol. The number of aryl methyl sites for hydroxylation is 1. The summed E-state index contributed by atoms with van der Waals surface area (Å²) in [6.07, 6.45) is 8.09. The number of carbonyl (C=O) groups excluding carboxylic acids is 3. The predicted molar refractivity (Wildman–Crippen MR) is 122 cm³/mol. The maximum atomic E-state index is 14.3. The van der Waals surface area contributed by atoms with E-state index in [1.54, 1.807) is 29.4 Å². The molecular weight excluding hydrogens is 416 g/mol. The van der Waals surface area contributed by atoms with Gasteiger partial charge >= 0.3 is 0 Å². The summed E-state index contributed by atoms with van der Waals surface area (Å²) >= 11 is 0. The topological polar surface area (TPSA) is 70.8 Å². The molecule has 0 radical (unpaired) electrons. The zero-order valence-corrected chi connectivity index (χ0v) is 19.0. The lowest BCUT2D eigenvalue weighted by Gasteiger charge is -2.56. The highest BCUT2D eigenvalue weighted by Crippen LogP contribution is 2.60. The van der Waals surface area contributed by atoms with Crippen LogP contribution in [0.2, 0.25) is 0 Å². The zero-order chi connectivity index (χ0) is 22.7. The van der Waals surface area contributed by atoms with E-state index in [0.29, 0.717) is 29.2 Å². The van der Waals surface area contributed by atoms with Crippen LogP contribution in [0, 0.1) is 30.1 Å². The summed E-state index contributed by atoms with van der Waals surface area (Å²) in [5.74, 6) is 1.99. The molecule has 6 nitrogen and oxygen atoms in total. The number of hydrogen-bond donors (Lipinski definition) is 0. The molecule has 3 amide bonds. The lowest BCUT2D eigenvalue weighted by molar-refractivity contribution is -0.162. The van der Waals surface area contributed by atoms with Gasteiger partial charge in [0.15, 0.2) is 0 Å². The van der Waals surface area contributed by atoms with Crippen molar-refractivity contribution in [2.45, 2.75) is 64.5 Å². The van der Waals surface area contributed by atoms with Crippen molar-refractivity contribution in [1.29, 1.82) is 0 Å². The molecule has 1 atom stereocenters. The van der Waals surface area contributed by atoms with Crippen molar-refractivity contribution in [2.75, 3.05) is 4.90 Å². The Balaban J connectivity index is 1.33. The van der Waals surface area contributed by atoms with E-state index < -0.39 is 6.04 Å². The maximum absolute atomic E-state index is 14.3. The van der Waals surface area contributed by atoms with E-state index >= 15 is 0 Å². The zero-order valence-electron chi connectivity index (χ0n) is 19.0. The van der Waals surface area contributed by atoms with E-state index in [1.165, 1.54) is 24.2 Å². The van der Waals surface area contributed by atoms with Gasteiger partial charge in [0.05, 0.1) is 30.3 Å². The van der Waals surface area contributed by atoms with Crippen molar-refractivity contribution in [3.63, 3.8) is 0 Å². The molecule has 0 spiro atoms. The van der Waals surface area contributed by atoms with E-state index in [4.69, 9.17) is 4.42 Å². The third-order valence-electron chi connectivity index (χ3n) is 8.45. The van der Waals surface area contributed by atoms with E-state index in [1.807, 2.05) is 25.1 Å². The highest BCUT2D eigenvalue weighted by atomic mass is 16.3. The van der Waals surface area contributed by atoms with Gasteiger partial charge in [0.25, 0.3) is 5.91 Å². The highest BCUT2D eigenvalue weighted by Gasteiger charge is 2.57. The lowest BCUT2D eigenvalue weighted by atomic mass is 9.49. The molecule has 4 bridgehead atoms. The number of amides is 3. The van der Waals surface area contributed by atoms with Gasteiger partial charge in [-0.2, -0.15) is 0 Å². The maximum Gasteiger partial charge on any atom is 0.257 e. The van der Waals surface area contributed by atoms with Gasteiger partial charge < -0.3 is 9.32 Å². The Morgan fingerprint density at radius 3 is 2.24 bits per heavy atom. The fraction of sp³-hybridized carbons (Fsp3) is 0.519. The normalized spacial score (nSPS) is 32.6. The average Bonchev–Trinajstić information content (AvgIpc) is 3.39. The van der Waals surface area contributed by atoms with Crippen LogP contribution in [0.1, 0.15) is 56.3 Å². The molecular formula is C27H30N2O4. The second-order valence-electron chi connectivity index (χ2n) is 10.8. The number of imide groups is 1. The third kappa shape index (κ3) is 3.42. The van der Waals surface area contributed by atoms with Crippen LogP contribution in [0.15, 0.2) is 47.1 Å². The molecule has 1 saturated heterocycles. The van der Waals surface area contributed by atoms with Gasteiger partial charge in [0.1, 0.15) is 11.8 Å². The number of nitrogens with zero attached hydrogens (tertiary/aromatic N) is 2. The Morgan fingerprint density at radius 2 is 1.67 bits per heavy atom. The molecule has 6 heteroatoms. The number of furan rings is 1. The highest BCUT2D eigenvalue weighted by molar-refractivity contribution is 6.23. The molecule has 1 unspecified atom stereocenters. The Kier molecular flexibility index (Phi) is 4.75. The summed E-state index contributed by atoms with van der Waals surface area (Å²) in [5.41, 5.74) is 1.24. The molecule has 2 aromatic rings. The minimum atomic E-state index is -0.788. The van der Waals surface area contributed by atoms with E-state index in [9.17, 15) is 14.4 Å². The predicted octanol–water partition coefficient (Wildman–Crippen LogP) is 4.47. The Hall–Kier alpha value is -2.89. The van der Waals surface area contributed by atoms with Gasteiger partial charge in [-0.25, -0.2) is 4.90 Å². The van der Waals surface area contributed by atoms with Gasteiger partial charge in [0.2, 0.25) is 11.8 Å². The first-order valence-corrected chi connectivity index (χ1v) is 12.2. The van der Waals surface area contributed by atoms with Gasteiger partial charge in [-0.3, -0.25) is 14.4 Å². The van der Waals surface area contributed by atoms with E-state index in [0.717, 1.165) is 24.8 Å². The number of benzene rings is 1. The fourth-order valence-electron chi connectivity index (χ4n) is 7.40. The number of carbonyl (C=O) groups is 3. The van der Waals surface area contributed by atoms with Crippen LogP contribution in [-0.4, -0.2) is 28.7 Å². The Bertz CT molecular complexity index is 1050. The molecule has 4 saturated carbocycles. The molecule has 1 aliphatic heterocycles. The minimum absolute atomic E-state index is 0.0194. The molecule has 5 fully saturated rings. The van der Waals surface area contributed by atoms with Crippen LogP contribution in [0.4, 0.5) is 5.69 Å². The summed E-state index contributed by atoms with van der Waals surface area (Å²) in [6.45, 7) is 2.19. The first kappa shape index (κ1) is 20.7. The quantitative estimate of drug-likeness (QED) is 0.636. The van der Waals surface area contributed by atoms with Crippen molar-refractivity contribution in [3.05, 3.63) is 54.0 Å². The largest absolute Gasteiger partial charge is 0.467 e. The second-order valence-corrected chi connectivity index (χ2v) is 10.8. The van der Waals surface area contributed by atoms with Crippen LogP contribution in [0.25, 0.3) is 0 Å². The fourth-order valence-corrected chi connectivity index (χ4v) is 7.40. The molecule has 33 heavy (non-hydrogen) atoms. The van der Waals surface area contributed by atoms with Crippen molar-refractivity contribution < 1.29 is 18.8 Å². The van der Waals surface area contributed by atoms with E-state index in [-0.39, 0.29) is 36.1 Å². The van der Waals surface area contributed by atoms with Crippen LogP contribution < -0.4 is 4.90 Å². The van der Waals surface area contributed by atoms with Crippen molar-refractivity contribution in [1.82, 2.24) is 4.90 Å². The Labute approximate surface area is 193 Å². The second kappa shape index (κ2) is 7.57. The third-order valence-corrected chi connectivity index (χ3v) is 8.45. The summed E-state index contributed by atoms with van der Waals surface area (Å²) in [7, 11) is 0. The van der Waals surface area contributed by atoms with E-state index in [2.05, 4.69) is 0 Å². The smallest absolute Gasteiger partial charge is 0.257 e. The molecule has 1 aromatic carbocycles. The van der Waals surface area contributed by atoms with Gasteiger partial charge in [-0.15, -0.1) is 0 Å².